The van der Waals surface area contributed by atoms with Crippen LogP contribution in [0.25, 0.3) is 0 Å². The predicted molar refractivity (Wildman–Crippen MR) is 72.3 cm³/mol. The summed E-state index contributed by atoms with van der Waals surface area (Å²) in [7, 11) is 0. The number of benzene rings is 2. The van der Waals surface area contributed by atoms with Crippen LogP contribution in [0.1, 0.15) is 15.9 Å². The Morgan fingerprint density at radius 3 is 2.32 bits per heavy atom. The maximum atomic E-state index is 12.4. The number of ether oxygens (including phenoxy) is 2. The van der Waals surface area contributed by atoms with Gasteiger partial charge in [-0.1, -0.05) is 41.9 Å². The van der Waals surface area contributed by atoms with Crippen molar-refractivity contribution < 1.29 is 14.3 Å². The van der Waals surface area contributed by atoms with E-state index < -0.39 is 0 Å². The highest BCUT2D eigenvalue weighted by Crippen LogP contribution is 2.36. The molecule has 0 spiro atoms. The van der Waals surface area contributed by atoms with Crippen molar-refractivity contribution in [2.24, 2.45) is 0 Å². The minimum atomic E-state index is -0.123. The van der Waals surface area contributed by atoms with Crippen LogP contribution in [0.15, 0.2) is 42.5 Å². The molecular weight excluding hydrogens is 264 g/mol. The van der Waals surface area contributed by atoms with E-state index in [1.165, 1.54) is 0 Å². The Morgan fingerprint density at radius 2 is 1.63 bits per heavy atom. The van der Waals surface area contributed by atoms with Gasteiger partial charge in [0, 0.05) is 17.2 Å². The second-order valence-electron chi connectivity index (χ2n) is 4.17. The minimum absolute atomic E-state index is 0.123. The fourth-order valence-corrected chi connectivity index (χ4v) is 2.22. The highest BCUT2D eigenvalue weighted by atomic mass is 35.5. The van der Waals surface area contributed by atoms with Crippen LogP contribution < -0.4 is 9.47 Å². The van der Waals surface area contributed by atoms with E-state index in [9.17, 15) is 4.79 Å². The molecule has 0 N–H and O–H groups in total. The second-order valence-corrected chi connectivity index (χ2v) is 4.58. The van der Waals surface area contributed by atoms with Crippen LogP contribution in [0, 0.1) is 0 Å². The Bertz CT molecular complexity index is 623. The van der Waals surface area contributed by atoms with Gasteiger partial charge >= 0.3 is 0 Å². The van der Waals surface area contributed by atoms with Crippen LogP contribution in [0.2, 0.25) is 5.02 Å². The zero-order chi connectivity index (χ0) is 13.2. The molecule has 4 heteroatoms. The molecule has 0 atom stereocenters. The Kier molecular flexibility index (Phi) is 3.13. The fraction of sp³-hybridized carbons (Fsp3) is 0.133. The van der Waals surface area contributed by atoms with Crippen LogP contribution in [0.5, 0.6) is 11.5 Å². The monoisotopic (exact) mass is 274 g/mol. The zero-order valence-electron chi connectivity index (χ0n) is 10.1. The van der Waals surface area contributed by atoms with Gasteiger partial charge in [0.25, 0.3) is 0 Å². The maximum Gasteiger partial charge on any atom is 0.194 e. The molecule has 1 heterocycles. The van der Waals surface area contributed by atoms with Crippen molar-refractivity contribution in [1.82, 2.24) is 0 Å². The van der Waals surface area contributed by atoms with E-state index in [4.69, 9.17) is 21.1 Å². The van der Waals surface area contributed by atoms with Crippen molar-refractivity contribution in [3.05, 3.63) is 58.6 Å². The highest BCUT2D eigenvalue weighted by Gasteiger charge is 2.19. The summed E-state index contributed by atoms with van der Waals surface area (Å²) in [6, 6.07) is 12.3. The second kappa shape index (κ2) is 4.94. The SMILES string of the molecule is O=C(c1ccccc1)c1cc2c(cc1Cl)OCCO2. The summed E-state index contributed by atoms with van der Waals surface area (Å²) in [6.45, 7) is 0.975. The van der Waals surface area contributed by atoms with Crippen LogP contribution in [0.4, 0.5) is 0 Å². The molecule has 3 nitrogen and oxygen atoms in total. The van der Waals surface area contributed by atoms with Gasteiger partial charge < -0.3 is 9.47 Å². The molecule has 0 saturated carbocycles. The van der Waals surface area contributed by atoms with E-state index in [1.54, 1.807) is 24.3 Å². The molecule has 1 aliphatic rings. The summed E-state index contributed by atoms with van der Waals surface area (Å²) in [5.74, 6) is 1.03. The number of ketones is 1. The van der Waals surface area contributed by atoms with Gasteiger partial charge in [0.05, 0.1) is 5.02 Å². The van der Waals surface area contributed by atoms with E-state index >= 15 is 0 Å². The predicted octanol–water partition coefficient (Wildman–Crippen LogP) is 3.34. The third kappa shape index (κ3) is 2.29. The number of hydrogen-bond acceptors (Lipinski definition) is 3. The molecule has 0 saturated heterocycles. The van der Waals surface area contributed by atoms with Gasteiger partial charge in [0.2, 0.25) is 0 Å². The largest absolute Gasteiger partial charge is 0.486 e. The van der Waals surface area contributed by atoms with Gasteiger partial charge in [-0.25, -0.2) is 0 Å². The average Bonchev–Trinajstić information content (AvgIpc) is 2.47. The molecule has 19 heavy (non-hydrogen) atoms. The van der Waals surface area contributed by atoms with Crippen molar-refractivity contribution in [1.29, 1.82) is 0 Å². The number of rotatable bonds is 2. The van der Waals surface area contributed by atoms with Crippen LogP contribution in [0.3, 0.4) is 0 Å². The molecule has 0 unspecified atom stereocenters. The van der Waals surface area contributed by atoms with Gasteiger partial charge in [-0.15, -0.1) is 0 Å². The Morgan fingerprint density at radius 1 is 1.00 bits per heavy atom. The van der Waals surface area contributed by atoms with E-state index in [-0.39, 0.29) is 5.78 Å². The summed E-state index contributed by atoms with van der Waals surface area (Å²) in [5, 5.41) is 0.373. The number of hydrogen-bond donors (Lipinski definition) is 0. The van der Waals surface area contributed by atoms with E-state index in [0.717, 1.165) is 0 Å². The fourth-order valence-electron chi connectivity index (χ4n) is 1.98. The Hall–Kier alpha value is -2.00. The molecule has 1 aliphatic heterocycles. The Balaban J connectivity index is 2.03. The van der Waals surface area contributed by atoms with Gasteiger partial charge in [-0.05, 0) is 6.07 Å². The molecule has 2 aromatic carbocycles. The number of carbonyl (C=O) groups excluding carboxylic acids is 1. The van der Waals surface area contributed by atoms with E-state index in [0.29, 0.717) is 40.9 Å². The topological polar surface area (TPSA) is 35.5 Å². The summed E-state index contributed by atoms with van der Waals surface area (Å²) >= 11 is 6.15. The van der Waals surface area contributed by atoms with Crippen LogP contribution >= 0.6 is 11.6 Å². The summed E-state index contributed by atoms with van der Waals surface area (Å²) in [5.41, 5.74) is 1.03. The number of fused-ring (bicyclic) bond motifs is 1. The summed E-state index contributed by atoms with van der Waals surface area (Å²) < 4.78 is 10.9. The first-order valence-electron chi connectivity index (χ1n) is 5.94. The van der Waals surface area contributed by atoms with Crippen molar-refractivity contribution >= 4 is 17.4 Å². The third-order valence-electron chi connectivity index (χ3n) is 2.91. The molecular formula is C15H11ClO3. The molecule has 0 aromatic heterocycles. The van der Waals surface area contributed by atoms with E-state index in [1.807, 2.05) is 18.2 Å². The zero-order valence-corrected chi connectivity index (χ0v) is 10.8. The molecule has 3 rings (SSSR count). The molecule has 0 amide bonds. The van der Waals surface area contributed by atoms with Gasteiger partial charge in [0.1, 0.15) is 13.2 Å². The van der Waals surface area contributed by atoms with Gasteiger partial charge in [-0.2, -0.15) is 0 Å². The van der Waals surface area contributed by atoms with Crippen molar-refractivity contribution in [2.45, 2.75) is 0 Å². The highest BCUT2D eigenvalue weighted by molar-refractivity contribution is 6.35. The molecule has 2 aromatic rings. The summed E-state index contributed by atoms with van der Waals surface area (Å²) in [4.78, 5) is 12.4. The molecule has 0 bridgehead atoms. The third-order valence-corrected chi connectivity index (χ3v) is 3.23. The number of halogens is 1. The number of carbonyl (C=O) groups is 1. The molecule has 0 fully saturated rings. The molecule has 0 radical (unpaired) electrons. The first kappa shape index (κ1) is 12.1. The lowest BCUT2D eigenvalue weighted by Crippen LogP contribution is -2.16. The van der Waals surface area contributed by atoms with Gasteiger partial charge in [-0.3, -0.25) is 4.79 Å². The quantitative estimate of drug-likeness (QED) is 0.788. The van der Waals surface area contributed by atoms with Crippen LogP contribution in [-0.2, 0) is 0 Å². The first-order chi connectivity index (χ1) is 9.25. The molecule has 0 aliphatic carbocycles. The van der Waals surface area contributed by atoms with Crippen molar-refractivity contribution in [2.75, 3.05) is 13.2 Å². The lowest BCUT2D eigenvalue weighted by Gasteiger charge is -2.19. The lowest BCUT2D eigenvalue weighted by molar-refractivity contribution is 0.103. The van der Waals surface area contributed by atoms with Gasteiger partial charge in [0.15, 0.2) is 17.3 Å². The first-order valence-corrected chi connectivity index (χ1v) is 6.32. The standard InChI is InChI=1S/C15H11ClO3/c16-12-9-14-13(18-6-7-19-14)8-11(12)15(17)10-4-2-1-3-5-10/h1-5,8-9H,6-7H2. The minimum Gasteiger partial charge on any atom is -0.486 e. The van der Waals surface area contributed by atoms with Crippen LogP contribution in [-0.4, -0.2) is 19.0 Å². The normalized spacial score (nSPS) is 13.1. The summed E-state index contributed by atoms with van der Waals surface area (Å²) in [6.07, 6.45) is 0. The van der Waals surface area contributed by atoms with E-state index in [2.05, 4.69) is 0 Å². The smallest absolute Gasteiger partial charge is 0.194 e. The lowest BCUT2D eigenvalue weighted by atomic mass is 10.0. The Labute approximate surface area is 115 Å². The maximum absolute atomic E-state index is 12.4. The van der Waals surface area contributed by atoms with Crippen molar-refractivity contribution in [3.63, 3.8) is 0 Å². The average molecular weight is 275 g/mol. The van der Waals surface area contributed by atoms with Crippen molar-refractivity contribution in [3.8, 4) is 11.5 Å². The molecule has 96 valence electrons.